The van der Waals surface area contributed by atoms with Crippen LogP contribution in [0, 0.1) is 0 Å². The Morgan fingerprint density at radius 2 is 1.82 bits per heavy atom. The molecule has 0 amide bonds. The van der Waals surface area contributed by atoms with Crippen LogP contribution in [0.4, 0.5) is 0 Å². The number of benzene rings is 2. The SMILES string of the molecule is CN=C(NCCOc1ccc(S(C)(=O)=O)cc1)N(C)Cc1ccc(Cl)c(Cl)c1. The normalized spacial score (nSPS) is 12.0. The summed E-state index contributed by atoms with van der Waals surface area (Å²) in [6, 6.07) is 11.9. The van der Waals surface area contributed by atoms with Crippen molar-refractivity contribution >= 4 is 39.0 Å². The van der Waals surface area contributed by atoms with Crippen molar-refractivity contribution in [3.05, 3.63) is 58.1 Å². The number of nitrogens with zero attached hydrogens (tertiary/aromatic N) is 2. The lowest BCUT2D eigenvalue weighted by atomic mass is 10.2. The van der Waals surface area contributed by atoms with Gasteiger partial charge in [0.05, 0.1) is 21.5 Å². The van der Waals surface area contributed by atoms with Gasteiger partial charge in [0.25, 0.3) is 0 Å². The van der Waals surface area contributed by atoms with Gasteiger partial charge in [0.15, 0.2) is 15.8 Å². The minimum absolute atomic E-state index is 0.266. The van der Waals surface area contributed by atoms with E-state index in [9.17, 15) is 8.42 Å². The standard InChI is InChI=1S/C19H23Cl2N3O3S/c1-22-19(24(2)13-14-4-9-17(20)18(21)12-14)23-10-11-27-15-5-7-16(8-6-15)28(3,25)26/h4-9,12H,10-11,13H2,1-3H3,(H,22,23). The molecule has 0 radical (unpaired) electrons. The predicted octanol–water partition coefficient (Wildman–Crippen LogP) is 3.48. The van der Waals surface area contributed by atoms with Gasteiger partial charge < -0.3 is 15.0 Å². The lowest BCUT2D eigenvalue weighted by molar-refractivity contribution is 0.319. The second kappa shape index (κ2) is 10.0. The molecule has 0 saturated heterocycles. The van der Waals surface area contributed by atoms with Gasteiger partial charge in [0.2, 0.25) is 0 Å². The van der Waals surface area contributed by atoms with Crippen LogP contribution in [0.1, 0.15) is 5.56 Å². The molecular weight excluding hydrogens is 421 g/mol. The molecule has 0 unspecified atom stereocenters. The quantitative estimate of drug-likeness (QED) is 0.402. The van der Waals surface area contributed by atoms with Crippen molar-refractivity contribution in [1.29, 1.82) is 0 Å². The monoisotopic (exact) mass is 443 g/mol. The summed E-state index contributed by atoms with van der Waals surface area (Å²) in [4.78, 5) is 6.48. The number of aliphatic imine (C=N–C) groups is 1. The summed E-state index contributed by atoms with van der Waals surface area (Å²) < 4.78 is 28.6. The van der Waals surface area contributed by atoms with Crippen molar-refractivity contribution in [3.63, 3.8) is 0 Å². The van der Waals surface area contributed by atoms with Crippen LogP contribution in [0.2, 0.25) is 10.0 Å². The number of sulfone groups is 1. The molecule has 2 aromatic rings. The summed E-state index contributed by atoms with van der Waals surface area (Å²) in [6.07, 6.45) is 1.17. The number of hydrogen-bond acceptors (Lipinski definition) is 4. The summed E-state index contributed by atoms with van der Waals surface area (Å²) in [5.41, 5.74) is 1.02. The molecule has 0 aliphatic heterocycles. The summed E-state index contributed by atoms with van der Waals surface area (Å²) in [5.74, 6) is 1.32. The Morgan fingerprint density at radius 1 is 1.14 bits per heavy atom. The maximum Gasteiger partial charge on any atom is 0.193 e. The number of nitrogens with one attached hydrogen (secondary N) is 1. The van der Waals surface area contributed by atoms with Crippen LogP contribution in [0.15, 0.2) is 52.4 Å². The van der Waals surface area contributed by atoms with Gasteiger partial charge in [-0.1, -0.05) is 29.3 Å². The molecule has 0 aliphatic rings. The third-order valence-corrected chi connectivity index (χ3v) is 5.75. The number of halogens is 2. The number of hydrogen-bond donors (Lipinski definition) is 1. The van der Waals surface area contributed by atoms with Crippen LogP contribution in [0.3, 0.4) is 0 Å². The van der Waals surface area contributed by atoms with Crippen LogP contribution < -0.4 is 10.1 Å². The van der Waals surface area contributed by atoms with Crippen LogP contribution >= 0.6 is 23.2 Å². The third-order valence-electron chi connectivity index (χ3n) is 3.88. The van der Waals surface area contributed by atoms with Crippen molar-refractivity contribution in [1.82, 2.24) is 10.2 Å². The first-order valence-corrected chi connectivity index (χ1v) is 11.1. The summed E-state index contributed by atoms with van der Waals surface area (Å²) in [7, 11) is 0.421. The van der Waals surface area contributed by atoms with Gasteiger partial charge in [-0.2, -0.15) is 0 Å². The fourth-order valence-electron chi connectivity index (χ4n) is 2.49. The summed E-state index contributed by atoms with van der Waals surface area (Å²) in [6.45, 7) is 1.55. The largest absolute Gasteiger partial charge is 0.492 e. The van der Waals surface area contributed by atoms with E-state index < -0.39 is 9.84 Å². The summed E-state index contributed by atoms with van der Waals surface area (Å²) in [5, 5.41) is 4.26. The van der Waals surface area contributed by atoms with Crippen molar-refractivity contribution < 1.29 is 13.2 Å². The molecule has 0 fully saturated rings. The highest BCUT2D eigenvalue weighted by Crippen LogP contribution is 2.23. The number of rotatable bonds is 7. The zero-order chi connectivity index (χ0) is 20.7. The molecule has 0 saturated carbocycles. The minimum Gasteiger partial charge on any atom is -0.492 e. The van der Waals surface area contributed by atoms with Crippen molar-refractivity contribution in [2.24, 2.45) is 4.99 Å². The van der Waals surface area contributed by atoms with Gasteiger partial charge >= 0.3 is 0 Å². The smallest absolute Gasteiger partial charge is 0.193 e. The molecule has 0 spiro atoms. The van der Waals surface area contributed by atoms with E-state index in [4.69, 9.17) is 27.9 Å². The fourth-order valence-corrected chi connectivity index (χ4v) is 3.44. The Bertz CT molecular complexity index is 932. The Hall–Kier alpha value is -1.96. The van der Waals surface area contributed by atoms with Gasteiger partial charge in [-0.05, 0) is 42.0 Å². The van der Waals surface area contributed by atoms with E-state index >= 15 is 0 Å². The van der Waals surface area contributed by atoms with Crippen LogP contribution in [-0.2, 0) is 16.4 Å². The zero-order valence-electron chi connectivity index (χ0n) is 15.9. The second-order valence-electron chi connectivity index (χ2n) is 6.17. The van der Waals surface area contributed by atoms with Crippen LogP contribution in [0.25, 0.3) is 0 Å². The van der Waals surface area contributed by atoms with E-state index in [1.54, 1.807) is 25.2 Å². The Labute approximate surface area is 176 Å². The van der Waals surface area contributed by atoms with Crippen LogP contribution in [0.5, 0.6) is 5.75 Å². The molecule has 152 valence electrons. The molecule has 2 aromatic carbocycles. The molecule has 0 heterocycles. The molecule has 28 heavy (non-hydrogen) atoms. The average molecular weight is 444 g/mol. The van der Waals surface area contributed by atoms with E-state index in [0.29, 0.717) is 41.5 Å². The minimum atomic E-state index is -3.20. The van der Waals surface area contributed by atoms with E-state index in [1.807, 2.05) is 24.1 Å². The Kier molecular flexibility index (Phi) is 7.98. The van der Waals surface area contributed by atoms with Crippen molar-refractivity contribution in [2.75, 3.05) is 33.5 Å². The molecule has 0 aromatic heterocycles. The highest BCUT2D eigenvalue weighted by Gasteiger charge is 2.09. The third kappa shape index (κ3) is 6.58. The van der Waals surface area contributed by atoms with Gasteiger partial charge in [-0.3, -0.25) is 4.99 Å². The van der Waals surface area contributed by atoms with E-state index in [0.717, 1.165) is 5.56 Å². The van der Waals surface area contributed by atoms with E-state index in [2.05, 4.69) is 10.3 Å². The average Bonchev–Trinajstić information content (AvgIpc) is 2.64. The lowest BCUT2D eigenvalue weighted by Crippen LogP contribution is -2.40. The molecule has 9 heteroatoms. The maximum atomic E-state index is 11.5. The van der Waals surface area contributed by atoms with Gasteiger partial charge in [-0.15, -0.1) is 0 Å². The molecule has 2 rings (SSSR count). The second-order valence-corrected chi connectivity index (χ2v) is 9.00. The molecule has 0 bridgehead atoms. The fraction of sp³-hybridized carbons (Fsp3) is 0.316. The van der Waals surface area contributed by atoms with Crippen molar-refractivity contribution in [2.45, 2.75) is 11.4 Å². The van der Waals surface area contributed by atoms with E-state index in [-0.39, 0.29) is 4.90 Å². The van der Waals surface area contributed by atoms with Gasteiger partial charge in [-0.25, -0.2) is 8.42 Å². The summed E-state index contributed by atoms with van der Waals surface area (Å²) >= 11 is 12.0. The molecule has 1 N–H and O–H groups in total. The highest BCUT2D eigenvalue weighted by molar-refractivity contribution is 7.90. The first-order valence-electron chi connectivity index (χ1n) is 8.49. The molecule has 0 atom stereocenters. The molecule has 6 nitrogen and oxygen atoms in total. The predicted molar refractivity (Wildman–Crippen MR) is 114 cm³/mol. The van der Waals surface area contributed by atoms with Gasteiger partial charge in [0, 0.05) is 26.9 Å². The first-order chi connectivity index (χ1) is 13.2. The number of guanidine groups is 1. The van der Waals surface area contributed by atoms with Crippen LogP contribution in [-0.4, -0.2) is 52.8 Å². The van der Waals surface area contributed by atoms with E-state index in [1.165, 1.54) is 18.4 Å². The maximum absolute atomic E-state index is 11.5. The molecular formula is C19H23Cl2N3O3S. The zero-order valence-corrected chi connectivity index (χ0v) is 18.3. The number of ether oxygens (including phenoxy) is 1. The Morgan fingerprint density at radius 3 is 2.39 bits per heavy atom. The van der Waals surface area contributed by atoms with Crippen molar-refractivity contribution in [3.8, 4) is 5.75 Å². The first kappa shape index (κ1) is 22.3. The topological polar surface area (TPSA) is 71.0 Å². The highest BCUT2D eigenvalue weighted by atomic mass is 35.5. The van der Waals surface area contributed by atoms with Gasteiger partial charge in [0.1, 0.15) is 12.4 Å². The Balaban J connectivity index is 1.82. The molecule has 0 aliphatic carbocycles. The lowest BCUT2D eigenvalue weighted by Gasteiger charge is -2.22.